The van der Waals surface area contributed by atoms with Crippen molar-refractivity contribution in [1.82, 2.24) is 4.98 Å². The van der Waals surface area contributed by atoms with Gasteiger partial charge < -0.3 is 16.6 Å². The van der Waals surface area contributed by atoms with Gasteiger partial charge >= 0.3 is 0 Å². The summed E-state index contributed by atoms with van der Waals surface area (Å²) in [5, 5.41) is 8.66. The van der Waals surface area contributed by atoms with E-state index in [-0.39, 0.29) is 12.3 Å². The van der Waals surface area contributed by atoms with Crippen LogP contribution in [0.15, 0.2) is 12.3 Å². The number of anilines is 1. The van der Waals surface area contributed by atoms with E-state index >= 15 is 0 Å². The Kier molecular flexibility index (Phi) is 2.57. The molecule has 0 fully saturated rings. The number of nitrogens with zero attached hydrogens (tertiary/aromatic N) is 1. The predicted molar refractivity (Wildman–Crippen MR) is 42.6 cm³/mol. The van der Waals surface area contributed by atoms with Crippen LogP contribution in [0.25, 0.3) is 0 Å². The van der Waals surface area contributed by atoms with Crippen LogP contribution in [0, 0.1) is 5.95 Å². The fraction of sp³-hybridized carbons (Fsp3) is 0.286. The third kappa shape index (κ3) is 1.69. The molecule has 0 aromatic carbocycles. The lowest BCUT2D eigenvalue weighted by atomic mass is 10.1. The molecule has 0 aliphatic carbocycles. The van der Waals surface area contributed by atoms with E-state index in [0.29, 0.717) is 5.56 Å². The van der Waals surface area contributed by atoms with Crippen LogP contribution in [0.1, 0.15) is 11.6 Å². The van der Waals surface area contributed by atoms with Crippen LogP contribution in [0.5, 0.6) is 0 Å². The molecular formula is C7H10FN3O. The highest BCUT2D eigenvalue weighted by Crippen LogP contribution is 2.13. The smallest absolute Gasteiger partial charge is 0.236 e. The van der Waals surface area contributed by atoms with Crippen LogP contribution < -0.4 is 11.5 Å². The van der Waals surface area contributed by atoms with Crippen molar-refractivity contribution in [3.05, 3.63) is 23.8 Å². The number of aliphatic hydroxyl groups excluding tert-OH is 1. The van der Waals surface area contributed by atoms with Crippen LogP contribution in [0.4, 0.5) is 10.1 Å². The molecule has 66 valence electrons. The van der Waals surface area contributed by atoms with Gasteiger partial charge in [0, 0.05) is 6.20 Å². The summed E-state index contributed by atoms with van der Waals surface area (Å²) in [6, 6.07) is 0.809. The summed E-state index contributed by atoms with van der Waals surface area (Å²) < 4.78 is 12.5. The molecule has 1 atom stereocenters. The highest BCUT2D eigenvalue weighted by Gasteiger charge is 2.07. The van der Waals surface area contributed by atoms with Crippen molar-refractivity contribution in [2.75, 3.05) is 12.3 Å². The number of hydrogen-bond donors (Lipinski definition) is 3. The number of pyridine rings is 1. The van der Waals surface area contributed by atoms with E-state index in [1.165, 1.54) is 12.3 Å². The van der Waals surface area contributed by atoms with Crippen LogP contribution >= 0.6 is 0 Å². The molecule has 1 heterocycles. The van der Waals surface area contributed by atoms with Gasteiger partial charge in [-0.3, -0.25) is 0 Å². The first kappa shape index (κ1) is 8.89. The van der Waals surface area contributed by atoms with E-state index in [9.17, 15) is 4.39 Å². The fourth-order valence-corrected chi connectivity index (χ4v) is 0.790. The van der Waals surface area contributed by atoms with Gasteiger partial charge in [0.15, 0.2) is 0 Å². The minimum absolute atomic E-state index is 0.0589. The van der Waals surface area contributed by atoms with Crippen LogP contribution in [0.2, 0.25) is 0 Å². The molecule has 5 N–H and O–H groups in total. The molecule has 0 unspecified atom stereocenters. The number of nitrogens with two attached hydrogens (primary N) is 2. The molecule has 0 spiro atoms. The molecule has 0 saturated heterocycles. The van der Waals surface area contributed by atoms with Gasteiger partial charge in [0.25, 0.3) is 0 Å². The third-order valence-electron chi connectivity index (χ3n) is 1.51. The number of nitrogen functional groups attached to an aromatic ring is 1. The molecule has 5 heteroatoms. The Morgan fingerprint density at radius 1 is 1.67 bits per heavy atom. The van der Waals surface area contributed by atoms with Gasteiger partial charge in [-0.25, -0.2) is 4.98 Å². The Labute approximate surface area is 69.0 Å². The van der Waals surface area contributed by atoms with E-state index < -0.39 is 12.0 Å². The monoisotopic (exact) mass is 171 g/mol. The molecule has 0 radical (unpaired) electrons. The van der Waals surface area contributed by atoms with Gasteiger partial charge in [-0.05, 0) is 11.6 Å². The largest absolute Gasteiger partial charge is 0.395 e. The first-order chi connectivity index (χ1) is 5.65. The highest BCUT2D eigenvalue weighted by atomic mass is 19.1. The van der Waals surface area contributed by atoms with Crippen molar-refractivity contribution in [2.45, 2.75) is 6.04 Å². The maximum Gasteiger partial charge on any atom is 0.236 e. The Bertz CT molecular complexity index is 279. The molecular weight excluding hydrogens is 161 g/mol. The van der Waals surface area contributed by atoms with Crippen molar-refractivity contribution in [3.8, 4) is 0 Å². The first-order valence-electron chi connectivity index (χ1n) is 3.42. The summed E-state index contributed by atoms with van der Waals surface area (Å²) >= 11 is 0. The van der Waals surface area contributed by atoms with Crippen molar-refractivity contribution >= 4 is 5.69 Å². The van der Waals surface area contributed by atoms with E-state index in [1.54, 1.807) is 0 Å². The SMILES string of the molecule is Nc1cc([C@@H](N)CO)cnc1F. The van der Waals surface area contributed by atoms with E-state index in [2.05, 4.69) is 4.98 Å². The summed E-state index contributed by atoms with van der Waals surface area (Å²) in [6.07, 6.45) is 1.26. The van der Waals surface area contributed by atoms with Gasteiger partial charge in [-0.15, -0.1) is 0 Å². The topological polar surface area (TPSA) is 85.2 Å². The molecule has 0 aliphatic heterocycles. The van der Waals surface area contributed by atoms with Crippen molar-refractivity contribution in [3.63, 3.8) is 0 Å². The Hall–Kier alpha value is -1.20. The summed E-state index contributed by atoms with van der Waals surface area (Å²) in [7, 11) is 0. The van der Waals surface area contributed by atoms with Gasteiger partial charge in [-0.2, -0.15) is 4.39 Å². The fourth-order valence-electron chi connectivity index (χ4n) is 0.790. The maximum atomic E-state index is 12.5. The third-order valence-corrected chi connectivity index (χ3v) is 1.51. The summed E-state index contributed by atoms with van der Waals surface area (Å²) in [5.74, 6) is -0.719. The Balaban J connectivity index is 2.96. The van der Waals surface area contributed by atoms with Gasteiger partial charge in [-0.1, -0.05) is 0 Å². The van der Waals surface area contributed by atoms with Gasteiger partial charge in [0.05, 0.1) is 18.3 Å². The quantitative estimate of drug-likeness (QED) is 0.538. The first-order valence-corrected chi connectivity index (χ1v) is 3.42. The number of rotatable bonds is 2. The molecule has 12 heavy (non-hydrogen) atoms. The van der Waals surface area contributed by atoms with Crippen molar-refractivity contribution in [2.24, 2.45) is 5.73 Å². The van der Waals surface area contributed by atoms with Gasteiger partial charge in [0.1, 0.15) is 0 Å². The zero-order valence-corrected chi connectivity index (χ0v) is 6.37. The summed E-state index contributed by atoms with van der Waals surface area (Å²) in [4.78, 5) is 3.36. The number of hydrogen-bond acceptors (Lipinski definition) is 4. The van der Waals surface area contributed by atoms with Crippen LogP contribution in [-0.2, 0) is 0 Å². The Morgan fingerprint density at radius 3 is 2.83 bits per heavy atom. The summed E-state index contributed by atoms with van der Waals surface area (Å²) in [6.45, 7) is -0.216. The second-order valence-electron chi connectivity index (χ2n) is 2.44. The van der Waals surface area contributed by atoms with Gasteiger partial charge in [0.2, 0.25) is 5.95 Å². The molecule has 0 bridgehead atoms. The molecule has 0 saturated carbocycles. The van der Waals surface area contributed by atoms with Crippen molar-refractivity contribution < 1.29 is 9.50 Å². The van der Waals surface area contributed by atoms with Crippen molar-refractivity contribution in [1.29, 1.82) is 0 Å². The molecule has 0 amide bonds. The number of aromatic nitrogens is 1. The predicted octanol–water partition coefficient (Wildman–Crippen LogP) is -0.205. The van der Waals surface area contributed by atoms with E-state index in [0.717, 1.165) is 0 Å². The van der Waals surface area contributed by atoms with E-state index in [1.807, 2.05) is 0 Å². The highest BCUT2D eigenvalue weighted by molar-refractivity contribution is 5.39. The standard InChI is InChI=1S/C7H10FN3O/c8-7-5(9)1-4(2-11-7)6(10)3-12/h1-2,6,12H,3,9-10H2/t6-/m0/s1. The number of aliphatic hydroxyl groups is 1. The van der Waals surface area contributed by atoms with Crippen LogP contribution in [-0.4, -0.2) is 16.7 Å². The molecule has 1 aromatic heterocycles. The second kappa shape index (κ2) is 3.46. The summed E-state index contributed by atoms with van der Waals surface area (Å²) in [5.41, 5.74) is 11.1. The lowest BCUT2D eigenvalue weighted by molar-refractivity contribution is 0.267. The average molecular weight is 171 g/mol. The second-order valence-corrected chi connectivity index (χ2v) is 2.44. The minimum Gasteiger partial charge on any atom is -0.395 e. The maximum absolute atomic E-state index is 12.5. The molecule has 0 aliphatic rings. The minimum atomic E-state index is -0.719. The lowest BCUT2D eigenvalue weighted by Crippen LogP contribution is -2.15. The Morgan fingerprint density at radius 2 is 2.33 bits per heavy atom. The zero-order valence-electron chi connectivity index (χ0n) is 6.37. The molecule has 1 aromatic rings. The molecule has 4 nitrogen and oxygen atoms in total. The average Bonchev–Trinajstić information content (AvgIpc) is 2.08. The van der Waals surface area contributed by atoms with E-state index in [4.69, 9.17) is 16.6 Å². The lowest BCUT2D eigenvalue weighted by Gasteiger charge is -2.07. The molecule has 1 rings (SSSR count). The number of halogens is 1. The zero-order chi connectivity index (χ0) is 9.14. The normalized spacial score (nSPS) is 12.9. The van der Waals surface area contributed by atoms with Crippen LogP contribution in [0.3, 0.4) is 0 Å².